The molecule has 0 saturated heterocycles. The molecule has 1 aromatic heterocycles. The summed E-state index contributed by atoms with van der Waals surface area (Å²) in [5.41, 5.74) is 2.21. The Morgan fingerprint density at radius 1 is 1.37 bits per heavy atom. The minimum Gasteiger partial charge on any atom is -0.492 e. The van der Waals surface area contributed by atoms with E-state index in [2.05, 4.69) is 22.0 Å². The Morgan fingerprint density at radius 2 is 2.26 bits per heavy atom. The van der Waals surface area contributed by atoms with Crippen LogP contribution in [0.15, 0.2) is 29.6 Å². The highest BCUT2D eigenvalue weighted by Gasteiger charge is 2.16. The van der Waals surface area contributed by atoms with Crippen molar-refractivity contribution in [3.8, 4) is 5.75 Å². The maximum absolute atomic E-state index is 5.79. The number of nitrogens with zero attached hydrogens (tertiary/aromatic N) is 2. The van der Waals surface area contributed by atoms with E-state index in [0.29, 0.717) is 5.88 Å². The van der Waals surface area contributed by atoms with Crippen molar-refractivity contribution < 1.29 is 4.74 Å². The Morgan fingerprint density at radius 3 is 3.11 bits per heavy atom. The number of benzene rings is 1. The molecule has 0 N–H and O–H groups in total. The first-order valence-electron chi connectivity index (χ1n) is 6.27. The summed E-state index contributed by atoms with van der Waals surface area (Å²) in [4.78, 5) is 6.88. The molecule has 1 aromatic carbocycles. The van der Waals surface area contributed by atoms with E-state index in [0.717, 1.165) is 42.7 Å². The van der Waals surface area contributed by atoms with Gasteiger partial charge < -0.3 is 4.74 Å². The summed E-state index contributed by atoms with van der Waals surface area (Å²) in [7, 11) is 0. The SMILES string of the molecule is ClCc1csc(CN2CCOc3ccccc3C2)n1. The Labute approximate surface area is 121 Å². The normalized spacial score (nSPS) is 15.6. The van der Waals surface area contributed by atoms with Gasteiger partial charge >= 0.3 is 0 Å². The molecule has 0 aliphatic carbocycles. The molecule has 3 nitrogen and oxygen atoms in total. The number of aromatic nitrogens is 1. The van der Waals surface area contributed by atoms with E-state index in [9.17, 15) is 0 Å². The zero-order chi connectivity index (χ0) is 13.1. The summed E-state index contributed by atoms with van der Waals surface area (Å²) in [5, 5.41) is 3.15. The Kier molecular flexibility index (Phi) is 4.01. The van der Waals surface area contributed by atoms with Crippen LogP contribution in [0.3, 0.4) is 0 Å². The highest BCUT2D eigenvalue weighted by Crippen LogP contribution is 2.24. The number of rotatable bonds is 3. The molecule has 5 heteroatoms. The lowest BCUT2D eigenvalue weighted by Gasteiger charge is -2.17. The standard InChI is InChI=1S/C14H15ClN2OS/c15-7-12-10-19-14(16-12)9-17-5-6-18-13-4-2-1-3-11(13)8-17/h1-4,10H,5-9H2. The average Bonchev–Trinajstić information content (AvgIpc) is 2.78. The van der Waals surface area contributed by atoms with Gasteiger partial charge in [0.2, 0.25) is 0 Å². The lowest BCUT2D eigenvalue weighted by molar-refractivity contribution is 0.219. The number of fused-ring (bicyclic) bond motifs is 1. The van der Waals surface area contributed by atoms with Gasteiger partial charge in [0.25, 0.3) is 0 Å². The fraction of sp³-hybridized carbons (Fsp3) is 0.357. The number of para-hydroxylation sites is 1. The van der Waals surface area contributed by atoms with Gasteiger partial charge in [-0.1, -0.05) is 18.2 Å². The molecule has 0 amide bonds. The summed E-state index contributed by atoms with van der Waals surface area (Å²) in [6.07, 6.45) is 0. The van der Waals surface area contributed by atoms with E-state index < -0.39 is 0 Å². The molecule has 0 saturated carbocycles. The highest BCUT2D eigenvalue weighted by molar-refractivity contribution is 7.09. The third kappa shape index (κ3) is 3.08. The lowest BCUT2D eigenvalue weighted by Crippen LogP contribution is -2.25. The predicted molar refractivity (Wildman–Crippen MR) is 77.7 cm³/mol. The zero-order valence-corrected chi connectivity index (χ0v) is 12.1. The van der Waals surface area contributed by atoms with E-state index >= 15 is 0 Å². The number of halogens is 1. The molecule has 1 aliphatic heterocycles. The molecule has 0 atom stereocenters. The van der Waals surface area contributed by atoms with Gasteiger partial charge in [-0.15, -0.1) is 22.9 Å². The van der Waals surface area contributed by atoms with Crippen LogP contribution in [0.1, 0.15) is 16.3 Å². The first kappa shape index (κ1) is 12.9. The first-order chi connectivity index (χ1) is 9.35. The number of alkyl halides is 1. The molecule has 0 bridgehead atoms. The van der Waals surface area contributed by atoms with Crippen LogP contribution in [0, 0.1) is 0 Å². The molecular formula is C14H15ClN2OS. The van der Waals surface area contributed by atoms with Crippen molar-refractivity contribution in [2.24, 2.45) is 0 Å². The van der Waals surface area contributed by atoms with Gasteiger partial charge in [0, 0.05) is 24.0 Å². The largest absolute Gasteiger partial charge is 0.492 e. The number of ether oxygens (including phenoxy) is 1. The third-order valence-electron chi connectivity index (χ3n) is 3.13. The fourth-order valence-electron chi connectivity index (χ4n) is 2.19. The molecule has 19 heavy (non-hydrogen) atoms. The molecule has 1 aliphatic rings. The molecule has 3 rings (SSSR count). The fourth-order valence-corrected chi connectivity index (χ4v) is 3.25. The van der Waals surface area contributed by atoms with Gasteiger partial charge in [-0.05, 0) is 6.07 Å². The summed E-state index contributed by atoms with van der Waals surface area (Å²) in [6.45, 7) is 3.42. The Hall–Kier alpha value is -1.10. The highest BCUT2D eigenvalue weighted by atomic mass is 35.5. The Bertz CT molecular complexity index is 558. The third-order valence-corrected chi connectivity index (χ3v) is 4.28. The molecule has 100 valence electrons. The van der Waals surface area contributed by atoms with Crippen LogP contribution < -0.4 is 4.74 Å². The van der Waals surface area contributed by atoms with E-state index in [-0.39, 0.29) is 0 Å². The van der Waals surface area contributed by atoms with Crippen molar-refractivity contribution in [1.82, 2.24) is 9.88 Å². The summed E-state index contributed by atoms with van der Waals surface area (Å²) >= 11 is 7.46. The molecular weight excluding hydrogens is 280 g/mol. The van der Waals surface area contributed by atoms with E-state index in [1.807, 2.05) is 17.5 Å². The van der Waals surface area contributed by atoms with Crippen LogP contribution in [-0.2, 0) is 19.0 Å². The van der Waals surface area contributed by atoms with Crippen LogP contribution >= 0.6 is 22.9 Å². The summed E-state index contributed by atoms with van der Waals surface area (Å²) in [6, 6.07) is 8.23. The average molecular weight is 295 g/mol. The zero-order valence-electron chi connectivity index (χ0n) is 10.5. The summed E-state index contributed by atoms with van der Waals surface area (Å²) in [5.74, 6) is 1.49. The van der Waals surface area contributed by atoms with Crippen molar-refractivity contribution in [3.63, 3.8) is 0 Å². The van der Waals surface area contributed by atoms with Crippen LogP contribution in [0.2, 0.25) is 0 Å². The van der Waals surface area contributed by atoms with E-state index in [1.54, 1.807) is 11.3 Å². The lowest BCUT2D eigenvalue weighted by atomic mass is 10.2. The van der Waals surface area contributed by atoms with E-state index in [1.165, 1.54) is 5.56 Å². The smallest absolute Gasteiger partial charge is 0.123 e. The van der Waals surface area contributed by atoms with Gasteiger partial charge in [0.15, 0.2) is 0 Å². The topological polar surface area (TPSA) is 25.4 Å². The van der Waals surface area contributed by atoms with Crippen LogP contribution in [0.5, 0.6) is 5.75 Å². The van der Waals surface area contributed by atoms with Crippen molar-refractivity contribution >= 4 is 22.9 Å². The minimum atomic E-state index is 0.489. The second kappa shape index (κ2) is 5.90. The second-order valence-corrected chi connectivity index (χ2v) is 5.74. The number of hydrogen-bond acceptors (Lipinski definition) is 4. The molecule has 0 fully saturated rings. The number of hydrogen-bond donors (Lipinski definition) is 0. The van der Waals surface area contributed by atoms with Crippen molar-refractivity contribution in [2.75, 3.05) is 13.2 Å². The van der Waals surface area contributed by atoms with Gasteiger partial charge in [-0.25, -0.2) is 4.98 Å². The summed E-state index contributed by atoms with van der Waals surface area (Å²) < 4.78 is 5.76. The molecule has 2 aromatic rings. The van der Waals surface area contributed by atoms with Crippen molar-refractivity contribution in [3.05, 3.63) is 45.9 Å². The second-order valence-electron chi connectivity index (χ2n) is 4.53. The number of thiazole rings is 1. The van der Waals surface area contributed by atoms with Crippen LogP contribution in [-0.4, -0.2) is 23.0 Å². The molecule has 0 radical (unpaired) electrons. The van der Waals surface area contributed by atoms with Gasteiger partial charge in [0.05, 0.1) is 18.1 Å². The molecule has 0 spiro atoms. The van der Waals surface area contributed by atoms with Crippen molar-refractivity contribution in [1.29, 1.82) is 0 Å². The minimum absolute atomic E-state index is 0.489. The van der Waals surface area contributed by atoms with E-state index in [4.69, 9.17) is 16.3 Å². The van der Waals surface area contributed by atoms with Gasteiger partial charge in [-0.2, -0.15) is 0 Å². The van der Waals surface area contributed by atoms with Crippen LogP contribution in [0.4, 0.5) is 0 Å². The van der Waals surface area contributed by atoms with Crippen LogP contribution in [0.25, 0.3) is 0 Å². The molecule has 0 unspecified atom stereocenters. The molecule has 2 heterocycles. The quantitative estimate of drug-likeness (QED) is 0.813. The maximum atomic E-state index is 5.79. The van der Waals surface area contributed by atoms with Gasteiger partial charge in [0.1, 0.15) is 17.4 Å². The predicted octanol–water partition coefficient (Wildman–Crippen LogP) is 3.28. The van der Waals surface area contributed by atoms with Crippen molar-refractivity contribution in [2.45, 2.75) is 19.0 Å². The maximum Gasteiger partial charge on any atom is 0.123 e. The monoisotopic (exact) mass is 294 g/mol. The first-order valence-corrected chi connectivity index (χ1v) is 7.69. The Balaban J connectivity index is 1.72. The van der Waals surface area contributed by atoms with Gasteiger partial charge in [-0.3, -0.25) is 4.90 Å².